The molecular formula is C25H23NO3. The monoisotopic (exact) mass is 385 g/mol. The van der Waals surface area contributed by atoms with Crippen LogP contribution in [0.1, 0.15) is 22.7 Å². The third-order valence-corrected chi connectivity index (χ3v) is 5.13. The molecule has 0 saturated heterocycles. The van der Waals surface area contributed by atoms with Crippen LogP contribution in [0, 0.1) is 0 Å². The number of nitrogens with zero attached hydrogens (tertiary/aromatic N) is 1. The van der Waals surface area contributed by atoms with Crippen molar-refractivity contribution >= 4 is 11.0 Å². The minimum absolute atomic E-state index is 0.0675. The second-order valence-corrected chi connectivity index (χ2v) is 7.09. The Hall–Kier alpha value is -3.37. The lowest BCUT2D eigenvalue weighted by molar-refractivity contribution is 0.271. The molecule has 0 fully saturated rings. The Morgan fingerprint density at radius 1 is 0.897 bits per heavy atom. The lowest BCUT2D eigenvalue weighted by Crippen LogP contribution is -2.25. The van der Waals surface area contributed by atoms with Crippen LogP contribution in [0.2, 0.25) is 0 Å². The highest BCUT2D eigenvalue weighted by Gasteiger charge is 2.20. The van der Waals surface area contributed by atoms with Crippen LogP contribution in [0.15, 0.2) is 94.1 Å². The molecule has 4 rings (SSSR count). The van der Waals surface area contributed by atoms with Crippen LogP contribution in [0.4, 0.5) is 0 Å². The average molecular weight is 385 g/mol. The van der Waals surface area contributed by atoms with Crippen molar-refractivity contribution in [2.24, 2.45) is 0 Å². The second kappa shape index (κ2) is 8.33. The molecule has 0 spiro atoms. The highest BCUT2D eigenvalue weighted by Crippen LogP contribution is 2.30. The summed E-state index contributed by atoms with van der Waals surface area (Å²) in [6.45, 7) is 0.600. The topological polar surface area (TPSA) is 42.7 Å². The van der Waals surface area contributed by atoms with Gasteiger partial charge in [0.2, 0.25) is 0 Å². The minimum Gasteiger partial charge on any atom is -0.497 e. The normalized spacial score (nSPS) is 11.3. The molecule has 29 heavy (non-hydrogen) atoms. The molecule has 0 unspecified atom stereocenters. The lowest BCUT2D eigenvalue weighted by atomic mass is 9.96. The van der Waals surface area contributed by atoms with Gasteiger partial charge in [0.25, 0.3) is 0 Å². The number of rotatable bonds is 6. The van der Waals surface area contributed by atoms with E-state index in [2.05, 4.69) is 60.5 Å². The highest BCUT2D eigenvalue weighted by atomic mass is 16.5. The standard InChI is InChI=1S/C25H23NO3/c1-26(25(18-9-5-3-6-10-18)19-11-7-4-8-12-19)17-20-15-24(27)29-23-16-21(28-2)13-14-22(20)23/h3-16,25H,17H2,1-2H3. The van der Waals surface area contributed by atoms with Gasteiger partial charge in [0.15, 0.2) is 0 Å². The van der Waals surface area contributed by atoms with Gasteiger partial charge in [-0.15, -0.1) is 0 Å². The molecule has 1 heterocycles. The Balaban J connectivity index is 1.75. The predicted octanol–water partition coefficient (Wildman–Crippen LogP) is 5.02. The summed E-state index contributed by atoms with van der Waals surface area (Å²) in [6.07, 6.45) is 0. The summed E-state index contributed by atoms with van der Waals surface area (Å²) in [6, 6.07) is 28.0. The zero-order valence-corrected chi connectivity index (χ0v) is 16.5. The van der Waals surface area contributed by atoms with E-state index in [1.807, 2.05) is 24.3 Å². The zero-order valence-electron chi connectivity index (χ0n) is 16.5. The van der Waals surface area contributed by atoms with Gasteiger partial charge < -0.3 is 9.15 Å². The fraction of sp³-hybridized carbons (Fsp3) is 0.160. The zero-order chi connectivity index (χ0) is 20.2. The third kappa shape index (κ3) is 4.08. The van der Waals surface area contributed by atoms with Gasteiger partial charge in [-0.1, -0.05) is 60.7 Å². The molecule has 0 aliphatic carbocycles. The first kappa shape index (κ1) is 19.0. The Kier molecular flexibility index (Phi) is 5.45. The van der Waals surface area contributed by atoms with Gasteiger partial charge in [0.05, 0.1) is 13.2 Å². The maximum atomic E-state index is 12.2. The molecule has 0 aliphatic rings. The molecule has 0 radical (unpaired) electrons. The van der Waals surface area contributed by atoms with Gasteiger partial charge in [-0.3, -0.25) is 4.90 Å². The number of methoxy groups -OCH3 is 1. The van der Waals surface area contributed by atoms with Crippen LogP contribution in [0.5, 0.6) is 5.75 Å². The van der Waals surface area contributed by atoms with Gasteiger partial charge in [-0.25, -0.2) is 4.79 Å². The maximum absolute atomic E-state index is 12.2. The molecule has 1 aromatic heterocycles. The van der Waals surface area contributed by atoms with Gasteiger partial charge >= 0.3 is 5.63 Å². The van der Waals surface area contributed by atoms with E-state index in [0.717, 1.165) is 10.9 Å². The van der Waals surface area contributed by atoms with E-state index in [-0.39, 0.29) is 11.7 Å². The van der Waals surface area contributed by atoms with Crippen LogP contribution < -0.4 is 10.4 Å². The predicted molar refractivity (Wildman–Crippen MR) is 115 cm³/mol. The van der Waals surface area contributed by atoms with Gasteiger partial charge in [-0.05, 0) is 35.9 Å². The number of hydrogen-bond donors (Lipinski definition) is 0. The molecule has 146 valence electrons. The number of benzene rings is 3. The molecule has 4 aromatic rings. The third-order valence-electron chi connectivity index (χ3n) is 5.13. The van der Waals surface area contributed by atoms with Crippen molar-refractivity contribution in [3.8, 4) is 5.75 Å². The second-order valence-electron chi connectivity index (χ2n) is 7.09. The quantitative estimate of drug-likeness (QED) is 0.437. The number of ether oxygens (including phenoxy) is 1. The Labute approximate surface area is 170 Å². The number of fused-ring (bicyclic) bond motifs is 1. The summed E-state index contributed by atoms with van der Waals surface area (Å²) in [5, 5.41) is 0.914. The summed E-state index contributed by atoms with van der Waals surface area (Å²) in [4.78, 5) is 14.4. The van der Waals surface area contributed by atoms with Crippen molar-refractivity contribution in [2.45, 2.75) is 12.6 Å². The van der Waals surface area contributed by atoms with E-state index in [0.29, 0.717) is 17.9 Å². The molecule has 4 nitrogen and oxygen atoms in total. The van der Waals surface area contributed by atoms with Crippen molar-refractivity contribution in [3.63, 3.8) is 0 Å². The molecule has 0 aliphatic heterocycles. The highest BCUT2D eigenvalue weighted by molar-refractivity contribution is 5.81. The van der Waals surface area contributed by atoms with Crippen LogP contribution in [0.25, 0.3) is 11.0 Å². The van der Waals surface area contributed by atoms with E-state index in [4.69, 9.17) is 9.15 Å². The van der Waals surface area contributed by atoms with Crippen LogP contribution in [0.3, 0.4) is 0 Å². The van der Waals surface area contributed by atoms with Gasteiger partial charge in [0, 0.05) is 24.1 Å². The lowest BCUT2D eigenvalue weighted by Gasteiger charge is -2.29. The van der Waals surface area contributed by atoms with E-state index in [1.165, 1.54) is 11.1 Å². The summed E-state index contributed by atoms with van der Waals surface area (Å²) in [7, 11) is 3.68. The van der Waals surface area contributed by atoms with E-state index in [9.17, 15) is 4.79 Å². The first-order chi connectivity index (χ1) is 14.2. The van der Waals surface area contributed by atoms with Gasteiger partial charge in [0.1, 0.15) is 11.3 Å². The molecular weight excluding hydrogens is 362 g/mol. The fourth-order valence-electron chi connectivity index (χ4n) is 3.80. The van der Waals surface area contributed by atoms with Crippen molar-refractivity contribution < 1.29 is 9.15 Å². The summed E-state index contributed by atoms with van der Waals surface area (Å²) >= 11 is 0. The largest absolute Gasteiger partial charge is 0.497 e. The Morgan fingerprint density at radius 3 is 2.10 bits per heavy atom. The molecule has 0 amide bonds. The summed E-state index contributed by atoms with van der Waals surface area (Å²) < 4.78 is 10.7. The van der Waals surface area contributed by atoms with E-state index < -0.39 is 0 Å². The first-order valence-corrected chi connectivity index (χ1v) is 9.56. The van der Waals surface area contributed by atoms with Crippen molar-refractivity contribution in [1.82, 2.24) is 4.90 Å². The number of hydrogen-bond acceptors (Lipinski definition) is 4. The van der Waals surface area contributed by atoms with Crippen LogP contribution in [-0.4, -0.2) is 19.1 Å². The summed E-state index contributed by atoms with van der Waals surface area (Å²) in [5.41, 5.74) is 3.52. The van der Waals surface area contributed by atoms with E-state index >= 15 is 0 Å². The van der Waals surface area contributed by atoms with Crippen LogP contribution >= 0.6 is 0 Å². The molecule has 4 heteroatoms. The Morgan fingerprint density at radius 2 is 1.52 bits per heavy atom. The summed E-state index contributed by atoms with van der Waals surface area (Å²) in [5.74, 6) is 0.664. The molecule has 0 N–H and O–H groups in total. The molecule has 0 atom stereocenters. The van der Waals surface area contributed by atoms with Crippen molar-refractivity contribution in [1.29, 1.82) is 0 Å². The average Bonchev–Trinajstić information content (AvgIpc) is 2.75. The first-order valence-electron chi connectivity index (χ1n) is 9.56. The smallest absolute Gasteiger partial charge is 0.336 e. The van der Waals surface area contributed by atoms with Crippen molar-refractivity contribution in [3.05, 3.63) is 112 Å². The van der Waals surface area contributed by atoms with Crippen molar-refractivity contribution in [2.75, 3.05) is 14.2 Å². The SMILES string of the molecule is COc1ccc2c(CN(C)C(c3ccccc3)c3ccccc3)cc(=O)oc2c1. The van der Waals surface area contributed by atoms with Gasteiger partial charge in [-0.2, -0.15) is 0 Å². The molecule has 0 saturated carbocycles. The fourth-order valence-corrected chi connectivity index (χ4v) is 3.80. The van der Waals surface area contributed by atoms with E-state index in [1.54, 1.807) is 19.2 Å². The minimum atomic E-state index is -0.356. The molecule has 3 aromatic carbocycles. The Bertz CT molecular complexity index is 1110. The maximum Gasteiger partial charge on any atom is 0.336 e. The van der Waals surface area contributed by atoms with Crippen LogP contribution in [-0.2, 0) is 6.54 Å². The molecule has 0 bridgehead atoms.